The zero-order valence-corrected chi connectivity index (χ0v) is 23.2. The predicted octanol–water partition coefficient (Wildman–Crippen LogP) is 3.21. The number of hydrogen-bond acceptors (Lipinski definition) is 10. The van der Waals surface area contributed by atoms with Gasteiger partial charge in [-0.1, -0.05) is 0 Å². The molecule has 0 aliphatic carbocycles. The van der Waals surface area contributed by atoms with Crippen molar-refractivity contribution in [2.45, 2.75) is 19.4 Å². The Kier molecular flexibility index (Phi) is 8.24. The van der Waals surface area contributed by atoms with Crippen LogP contribution in [-0.2, 0) is 17.8 Å². The molecule has 2 aliphatic rings. The zero-order valence-electron chi connectivity index (χ0n) is 23.2. The second-order valence-corrected chi connectivity index (χ2v) is 10.1. The monoisotopic (exact) mass is 574 g/mol. The van der Waals surface area contributed by atoms with Crippen LogP contribution in [0, 0.1) is 10.1 Å². The van der Waals surface area contributed by atoms with Gasteiger partial charge in [0.15, 0.2) is 6.29 Å². The second kappa shape index (κ2) is 12.2. The van der Waals surface area contributed by atoms with Crippen LogP contribution in [0.4, 0.5) is 33.5 Å². The van der Waals surface area contributed by atoms with Crippen molar-refractivity contribution in [2.75, 3.05) is 55.9 Å². The summed E-state index contributed by atoms with van der Waals surface area (Å²) in [4.78, 5) is 62.6. The number of carbonyl (C=O) groups excluding carboxylic acids is 3. The molecule has 3 aromatic rings. The lowest BCUT2D eigenvalue weighted by molar-refractivity contribution is -0.384. The first-order chi connectivity index (χ1) is 20.2. The SMILES string of the molecule is COc1ccc(Nc2cc(NC(=O)N3CCCc4cc(CN5CCN(C)CC5=O)c(C=O)nc43)ncc2[N+](=O)[O-])cc1. The van der Waals surface area contributed by atoms with E-state index >= 15 is 0 Å². The molecule has 0 spiro atoms. The number of likely N-dealkylation sites (N-methyl/N-ethyl adjacent to an activating group) is 1. The largest absolute Gasteiger partial charge is 0.497 e. The highest BCUT2D eigenvalue weighted by atomic mass is 16.6. The summed E-state index contributed by atoms with van der Waals surface area (Å²) in [6.45, 7) is 2.23. The van der Waals surface area contributed by atoms with Gasteiger partial charge in [-0.3, -0.25) is 34.8 Å². The molecule has 14 heteroatoms. The first-order valence-corrected chi connectivity index (χ1v) is 13.3. The van der Waals surface area contributed by atoms with Crippen molar-refractivity contribution in [2.24, 2.45) is 0 Å². The lowest BCUT2D eigenvalue weighted by Gasteiger charge is -2.33. The van der Waals surface area contributed by atoms with Gasteiger partial charge in [0, 0.05) is 43.5 Å². The van der Waals surface area contributed by atoms with Gasteiger partial charge in [0.25, 0.3) is 0 Å². The number of rotatable bonds is 8. The summed E-state index contributed by atoms with van der Waals surface area (Å²) in [7, 11) is 3.42. The van der Waals surface area contributed by atoms with Crippen LogP contribution < -0.4 is 20.3 Å². The molecule has 218 valence electrons. The smallest absolute Gasteiger partial charge is 0.328 e. The van der Waals surface area contributed by atoms with Crippen molar-refractivity contribution >= 4 is 46.9 Å². The number of pyridine rings is 2. The number of aryl methyl sites for hydroxylation is 1. The number of nitro groups is 1. The highest BCUT2D eigenvalue weighted by Crippen LogP contribution is 2.31. The molecular weight excluding hydrogens is 544 g/mol. The number of methoxy groups -OCH3 is 1. The number of hydrogen-bond donors (Lipinski definition) is 2. The van der Waals surface area contributed by atoms with Crippen LogP contribution in [0.25, 0.3) is 0 Å². The van der Waals surface area contributed by atoms with Gasteiger partial charge in [-0.25, -0.2) is 14.8 Å². The van der Waals surface area contributed by atoms with Gasteiger partial charge in [0.05, 0.1) is 18.6 Å². The molecule has 2 aromatic heterocycles. The normalized spacial score (nSPS) is 15.1. The van der Waals surface area contributed by atoms with E-state index in [4.69, 9.17) is 4.74 Å². The Morgan fingerprint density at radius 1 is 1.19 bits per heavy atom. The van der Waals surface area contributed by atoms with Gasteiger partial charge < -0.3 is 15.0 Å². The second-order valence-electron chi connectivity index (χ2n) is 10.1. The first kappa shape index (κ1) is 28.4. The zero-order chi connectivity index (χ0) is 29.8. The van der Waals surface area contributed by atoms with Crippen molar-refractivity contribution in [1.29, 1.82) is 0 Å². The maximum absolute atomic E-state index is 13.4. The van der Waals surface area contributed by atoms with Crippen LogP contribution in [0.2, 0.25) is 0 Å². The molecule has 0 bridgehead atoms. The molecule has 2 aliphatic heterocycles. The third-order valence-electron chi connectivity index (χ3n) is 7.19. The Balaban J connectivity index is 1.36. The van der Waals surface area contributed by atoms with E-state index in [9.17, 15) is 24.5 Å². The Bertz CT molecular complexity index is 1530. The number of fused-ring (bicyclic) bond motifs is 1. The summed E-state index contributed by atoms with van der Waals surface area (Å²) in [5.74, 6) is 1.06. The van der Waals surface area contributed by atoms with Gasteiger partial charge in [0.1, 0.15) is 35.0 Å². The highest BCUT2D eigenvalue weighted by molar-refractivity contribution is 6.02. The summed E-state index contributed by atoms with van der Waals surface area (Å²) in [5.41, 5.74) is 2.04. The van der Waals surface area contributed by atoms with Crippen molar-refractivity contribution in [3.8, 4) is 5.75 Å². The van der Waals surface area contributed by atoms with Crippen LogP contribution in [-0.4, -0.2) is 83.3 Å². The van der Waals surface area contributed by atoms with Crippen molar-refractivity contribution in [3.63, 3.8) is 0 Å². The maximum Gasteiger partial charge on any atom is 0.328 e. The van der Waals surface area contributed by atoms with E-state index in [0.717, 1.165) is 18.3 Å². The summed E-state index contributed by atoms with van der Waals surface area (Å²) < 4.78 is 5.15. The van der Waals surface area contributed by atoms with E-state index in [2.05, 4.69) is 20.6 Å². The van der Waals surface area contributed by atoms with E-state index in [-0.39, 0.29) is 35.3 Å². The molecule has 1 saturated heterocycles. The number of carbonyl (C=O) groups is 3. The fourth-order valence-corrected chi connectivity index (χ4v) is 4.95. The van der Waals surface area contributed by atoms with Gasteiger partial charge >= 0.3 is 11.7 Å². The van der Waals surface area contributed by atoms with Crippen LogP contribution in [0.5, 0.6) is 5.75 Å². The average Bonchev–Trinajstić information content (AvgIpc) is 2.98. The molecule has 3 amide bonds. The molecule has 2 N–H and O–H groups in total. The molecule has 5 rings (SSSR count). The number of piperazine rings is 1. The minimum Gasteiger partial charge on any atom is -0.497 e. The average molecular weight is 575 g/mol. The maximum atomic E-state index is 13.4. The van der Waals surface area contributed by atoms with Crippen molar-refractivity contribution < 1.29 is 24.0 Å². The molecular formula is C28H30N8O6. The number of anilines is 4. The molecule has 0 unspecified atom stereocenters. The molecule has 0 saturated carbocycles. The van der Waals surface area contributed by atoms with Crippen molar-refractivity contribution in [1.82, 2.24) is 19.8 Å². The quantitative estimate of drug-likeness (QED) is 0.232. The molecule has 4 heterocycles. The summed E-state index contributed by atoms with van der Waals surface area (Å²) in [6, 6.07) is 9.51. The number of ether oxygens (including phenoxy) is 1. The number of urea groups is 1. The Morgan fingerprint density at radius 2 is 1.98 bits per heavy atom. The number of nitrogens with one attached hydrogen (secondary N) is 2. The highest BCUT2D eigenvalue weighted by Gasteiger charge is 2.28. The Labute approximate surface area is 241 Å². The number of aromatic nitrogens is 2. The van der Waals surface area contributed by atoms with E-state index in [1.165, 1.54) is 18.1 Å². The molecule has 1 aromatic carbocycles. The number of amides is 3. The van der Waals surface area contributed by atoms with Gasteiger partial charge in [-0.15, -0.1) is 0 Å². The van der Waals surface area contributed by atoms with Gasteiger partial charge in [0.2, 0.25) is 5.91 Å². The van der Waals surface area contributed by atoms with Crippen LogP contribution in [0.3, 0.4) is 0 Å². The van der Waals surface area contributed by atoms with E-state index in [1.807, 2.05) is 18.0 Å². The number of nitrogens with zero attached hydrogens (tertiary/aromatic N) is 6. The minimum absolute atomic E-state index is 0.0178. The summed E-state index contributed by atoms with van der Waals surface area (Å²) in [6.07, 6.45) is 3.02. The molecule has 0 atom stereocenters. The van der Waals surface area contributed by atoms with E-state index < -0.39 is 11.0 Å². The van der Waals surface area contributed by atoms with Gasteiger partial charge in [-0.05, 0) is 55.8 Å². The lowest BCUT2D eigenvalue weighted by Crippen LogP contribution is -2.48. The summed E-state index contributed by atoms with van der Waals surface area (Å²) >= 11 is 0. The first-order valence-electron chi connectivity index (χ1n) is 13.3. The van der Waals surface area contributed by atoms with Crippen LogP contribution in [0.15, 0.2) is 42.6 Å². The van der Waals surface area contributed by atoms with Gasteiger partial charge in [-0.2, -0.15) is 0 Å². The van der Waals surface area contributed by atoms with E-state index in [1.54, 1.807) is 29.2 Å². The van der Waals surface area contributed by atoms with Crippen molar-refractivity contribution in [3.05, 3.63) is 69.5 Å². The lowest BCUT2D eigenvalue weighted by atomic mass is 10.0. The fraction of sp³-hybridized carbons (Fsp3) is 0.321. The standard InChI is InChI=1S/C28H30N8O6/c1-33-10-11-34(26(38)16-33)15-19-12-18-4-3-9-35(27(18)31-23(19)17-37)28(39)32-25-13-22(24(14-29-25)36(40)41)30-20-5-7-21(42-2)8-6-20/h5-8,12-14,17H,3-4,9-11,15-16H2,1-2H3,(H2,29,30,32,39). The molecule has 14 nitrogen and oxygen atoms in total. The third kappa shape index (κ3) is 6.12. The topological polar surface area (TPSA) is 163 Å². The Morgan fingerprint density at radius 3 is 2.67 bits per heavy atom. The van der Waals surface area contributed by atoms with Crippen LogP contribution in [0.1, 0.15) is 28.0 Å². The third-order valence-corrected chi connectivity index (χ3v) is 7.19. The van der Waals surface area contributed by atoms with E-state index in [0.29, 0.717) is 61.6 Å². The molecule has 42 heavy (non-hydrogen) atoms. The number of benzene rings is 1. The Hall–Kier alpha value is -5.11. The van der Waals surface area contributed by atoms with Crippen LogP contribution >= 0.6 is 0 Å². The fourth-order valence-electron chi connectivity index (χ4n) is 4.95. The minimum atomic E-state index is -0.566. The summed E-state index contributed by atoms with van der Waals surface area (Å²) in [5, 5.41) is 17.3. The number of aldehydes is 1. The molecule has 1 fully saturated rings. The molecule has 0 radical (unpaired) electrons. The predicted molar refractivity (Wildman–Crippen MR) is 154 cm³/mol.